The van der Waals surface area contributed by atoms with Crippen LogP contribution in [0.5, 0.6) is 5.75 Å². The first-order valence-corrected chi connectivity index (χ1v) is 12.1. The van der Waals surface area contributed by atoms with Crippen molar-refractivity contribution < 1.29 is 19.1 Å². The highest BCUT2D eigenvalue weighted by molar-refractivity contribution is 5.74. The van der Waals surface area contributed by atoms with Crippen molar-refractivity contribution in [3.05, 3.63) is 90.0 Å². The fraction of sp³-hybridized carbons (Fsp3) is 0.310. The van der Waals surface area contributed by atoms with E-state index >= 15 is 0 Å². The van der Waals surface area contributed by atoms with Gasteiger partial charge in [0.25, 0.3) is 6.01 Å². The SMILES string of the molecule is CN(CCOc1ccc(CC(CCCCc2ccccc2)C(=O)O)cc1)c1nc2ccccc2o1. The normalized spacial score (nSPS) is 11.9. The van der Waals surface area contributed by atoms with Gasteiger partial charge in [0.15, 0.2) is 5.58 Å². The van der Waals surface area contributed by atoms with Gasteiger partial charge in [-0.15, -0.1) is 0 Å². The summed E-state index contributed by atoms with van der Waals surface area (Å²) in [7, 11) is 1.92. The van der Waals surface area contributed by atoms with Crippen LogP contribution in [0.25, 0.3) is 11.1 Å². The summed E-state index contributed by atoms with van der Waals surface area (Å²) in [5, 5.41) is 9.67. The fourth-order valence-electron chi connectivity index (χ4n) is 4.10. The van der Waals surface area contributed by atoms with Gasteiger partial charge in [-0.1, -0.05) is 61.0 Å². The van der Waals surface area contributed by atoms with E-state index in [9.17, 15) is 9.90 Å². The molecule has 6 nitrogen and oxygen atoms in total. The summed E-state index contributed by atoms with van der Waals surface area (Å²) >= 11 is 0. The number of likely N-dealkylation sites (N-methyl/N-ethyl adjacent to an activating group) is 1. The number of benzene rings is 3. The van der Waals surface area contributed by atoms with Crippen LogP contribution in [0, 0.1) is 5.92 Å². The third-order valence-electron chi connectivity index (χ3n) is 6.17. The second kappa shape index (κ2) is 12.1. The number of hydrogen-bond acceptors (Lipinski definition) is 5. The smallest absolute Gasteiger partial charge is 0.306 e. The van der Waals surface area contributed by atoms with Crippen LogP contribution in [-0.2, 0) is 17.6 Å². The number of hydrogen-bond donors (Lipinski definition) is 1. The number of carbonyl (C=O) groups is 1. The molecule has 1 atom stereocenters. The fourth-order valence-corrected chi connectivity index (χ4v) is 4.10. The maximum absolute atomic E-state index is 11.8. The van der Waals surface area contributed by atoms with E-state index in [0.717, 1.165) is 41.7 Å². The number of ether oxygens (including phenoxy) is 1. The maximum Gasteiger partial charge on any atom is 0.306 e. The minimum absolute atomic E-state index is 0.373. The predicted molar refractivity (Wildman–Crippen MR) is 138 cm³/mol. The number of aryl methyl sites for hydroxylation is 1. The van der Waals surface area contributed by atoms with E-state index in [0.29, 0.717) is 32.0 Å². The molecule has 0 aliphatic rings. The highest BCUT2D eigenvalue weighted by atomic mass is 16.5. The Morgan fingerprint density at radius 1 is 0.971 bits per heavy atom. The first-order chi connectivity index (χ1) is 17.1. The van der Waals surface area contributed by atoms with E-state index in [1.54, 1.807) is 0 Å². The first kappa shape index (κ1) is 24.3. The van der Waals surface area contributed by atoms with Gasteiger partial charge in [0.05, 0.1) is 12.5 Å². The molecule has 0 saturated carbocycles. The second-order valence-electron chi connectivity index (χ2n) is 8.85. The number of oxazole rings is 1. The molecule has 0 saturated heterocycles. The summed E-state index contributed by atoms with van der Waals surface area (Å²) in [6, 6.07) is 26.3. The number of carboxylic acid groups (broad SMARTS) is 1. The van der Waals surface area contributed by atoms with Crippen molar-refractivity contribution in [3.63, 3.8) is 0 Å². The number of carboxylic acids is 1. The lowest BCUT2D eigenvalue weighted by atomic mass is 9.93. The number of aromatic nitrogens is 1. The molecule has 1 N–H and O–H groups in total. The molecule has 0 amide bonds. The van der Waals surface area contributed by atoms with Gasteiger partial charge < -0.3 is 19.2 Å². The number of anilines is 1. The van der Waals surface area contributed by atoms with E-state index in [4.69, 9.17) is 9.15 Å². The Bertz CT molecular complexity index is 1170. The largest absolute Gasteiger partial charge is 0.492 e. The van der Waals surface area contributed by atoms with Crippen LogP contribution in [-0.4, -0.2) is 36.3 Å². The van der Waals surface area contributed by atoms with Gasteiger partial charge in [0.1, 0.15) is 17.9 Å². The lowest BCUT2D eigenvalue weighted by Gasteiger charge is -2.15. The number of unbranched alkanes of at least 4 members (excludes halogenated alkanes) is 1. The third kappa shape index (κ3) is 7.09. The third-order valence-corrected chi connectivity index (χ3v) is 6.17. The van der Waals surface area contributed by atoms with Crippen molar-refractivity contribution in [3.8, 4) is 5.75 Å². The van der Waals surface area contributed by atoms with Gasteiger partial charge in [-0.2, -0.15) is 4.98 Å². The van der Waals surface area contributed by atoms with Crippen LogP contribution in [0.2, 0.25) is 0 Å². The average Bonchev–Trinajstić information content (AvgIpc) is 3.32. The number of fused-ring (bicyclic) bond motifs is 1. The Morgan fingerprint density at radius 2 is 1.71 bits per heavy atom. The Morgan fingerprint density at radius 3 is 2.46 bits per heavy atom. The summed E-state index contributed by atoms with van der Waals surface area (Å²) < 4.78 is 11.6. The Kier molecular flexibility index (Phi) is 8.39. The van der Waals surface area contributed by atoms with E-state index in [-0.39, 0.29) is 5.92 Å². The molecule has 1 heterocycles. The van der Waals surface area contributed by atoms with Crippen molar-refractivity contribution in [1.29, 1.82) is 0 Å². The standard InChI is InChI=1S/C29H32N2O4/c1-31(29-30-26-13-7-8-14-27(26)35-29)19-20-34-25-17-15-23(16-18-25)21-24(28(32)33)12-6-5-11-22-9-3-2-4-10-22/h2-4,7-10,13-18,24H,5-6,11-12,19-21H2,1H3,(H,32,33). The number of para-hydroxylation sites is 2. The molecule has 4 rings (SSSR count). The second-order valence-corrected chi connectivity index (χ2v) is 8.85. The molecule has 1 aromatic heterocycles. The molecule has 1 unspecified atom stereocenters. The van der Waals surface area contributed by atoms with E-state index in [1.807, 2.05) is 78.7 Å². The maximum atomic E-state index is 11.8. The van der Waals surface area contributed by atoms with Crippen LogP contribution in [0.1, 0.15) is 30.4 Å². The number of aliphatic carboxylic acids is 1. The quantitative estimate of drug-likeness (QED) is 0.241. The van der Waals surface area contributed by atoms with E-state index < -0.39 is 5.97 Å². The van der Waals surface area contributed by atoms with Crippen molar-refractivity contribution in [1.82, 2.24) is 4.98 Å². The minimum atomic E-state index is -0.729. The van der Waals surface area contributed by atoms with Crippen LogP contribution in [0.4, 0.5) is 6.01 Å². The monoisotopic (exact) mass is 472 g/mol. The van der Waals surface area contributed by atoms with Crippen LogP contribution >= 0.6 is 0 Å². The summed E-state index contributed by atoms with van der Waals surface area (Å²) in [4.78, 5) is 18.2. The molecular formula is C29H32N2O4. The minimum Gasteiger partial charge on any atom is -0.492 e. The molecular weight excluding hydrogens is 440 g/mol. The first-order valence-electron chi connectivity index (χ1n) is 12.1. The highest BCUT2D eigenvalue weighted by Gasteiger charge is 2.18. The zero-order valence-electron chi connectivity index (χ0n) is 20.1. The molecule has 0 bridgehead atoms. The van der Waals surface area contributed by atoms with Crippen molar-refractivity contribution in [2.24, 2.45) is 5.92 Å². The van der Waals surface area contributed by atoms with Crippen LogP contribution < -0.4 is 9.64 Å². The molecule has 0 aliphatic carbocycles. The number of nitrogens with zero attached hydrogens (tertiary/aromatic N) is 2. The summed E-state index contributed by atoms with van der Waals surface area (Å²) in [5.41, 5.74) is 3.91. The Hall–Kier alpha value is -3.80. The van der Waals surface area contributed by atoms with Gasteiger partial charge in [-0.3, -0.25) is 4.79 Å². The number of rotatable bonds is 13. The molecule has 0 aliphatic heterocycles. The van der Waals surface area contributed by atoms with Gasteiger partial charge >= 0.3 is 5.97 Å². The molecule has 0 radical (unpaired) electrons. The van der Waals surface area contributed by atoms with Crippen molar-refractivity contribution >= 4 is 23.1 Å². The van der Waals surface area contributed by atoms with Gasteiger partial charge in [-0.05, 0) is 61.1 Å². The van der Waals surface area contributed by atoms with Gasteiger partial charge in [-0.25, -0.2) is 0 Å². The van der Waals surface area contributed by atoms with E-state index in [2.05, 4.69) is 17.1 Å². The highest BCUT2D eigenvalue weighted by Crippen LogP contribution is 2.22. The summed E-state index contributed by atoms with van der Waals surface area (Å²) in [6.45, 7) is 1.10. The molecule has 0 fully saturated rings. The summed E-state index contributed by atoms with van der Waals surface area (Å²) in [6.07, 6.45) is 4.10. The van der Waals surface area contributed by atoms with Crippen LogP contribution in [0.3, 0.4) is 0 Å². The van der Waals surface area contributed by atoms with Crippen molar-refractivity contribution in [2.75, 3.05) is 25.1 Å². The van der Waals surface area contributed by atoms with Gasteiger partial charge in [0, 0.05) is 7.05 Å². The topological polar surface area (TPSA) is 75.8 Å². The van der Waals surface area contributed by atoms with Crippen LogP contribution in [0.15, 0.2) is 83.3 Å². The Balaban J connectivity index is 1.20. The predicted octanol–water partition coefficient (Wildman–Crippen LogP) is 6.00. The summed E-state index contributed by atoms with van der Waals surface area (Å²) in [5.74, 6) is -0.343. The lowest BCUT2D eigenvalue weighted by Crippen LogP contribution is -2.24. The molecule has 4 aromatic rings. The molecule has 6 heteroatoms. The van der Waals surface area contributed by atoms with Gasteiger partial charge in [0.2, 0.25) is 0 Å². The molecule has 3 aromatic carbocycles. The van der Waals surface area contributed by atoms with E-state index in [1.165, 1.54) is 5.56 Å². The lowest BCUT2D eigenvalue weighted by molar-refractivity contribution is -0.142. The average molecular weight is 473 g/mol. The molecule has 182 valence electrons. The molecule has 35 heavy (non-hydrogen) atoms. The Labute approximate surface area is 206 Å². The van der Waals surface area contributed by atoms with Crippen molar-refractivity contribution in [2.45, 2.75) is 32.1 Å². The zero-order chi connectivity index (χ0) is 24.5. The zero-order valence-corrected chi connectivity index (χ0v) is 20.1. The molecule has 0 spiro atoms.